The molecule has 1 N–H and O–H groups in total. The number of aromatic nitrogens is 1. The van der Waals surface area contributed by atoms with Crippen LogP contribution in [0.3, 0.4) is 0 Å². The summed E-state index contributed by atoms with van der Waals surface area (Å²) in [6.45, 7) is 0. The van der Waals surface area contributed by atoms with E-state index in [0.29, 0.717) is 14.9 Å². The van der Waals surface area contributed by atoms with E-state index < -0.39 is 23.5 Å². The fraction of sp³-hybridized carbons (Fsp3) is 0.111. The van der Waals surface area contributed by atoms with Crippen LogP contribution in [0.5, 0.6) is 0 Å². The number of carbonyl (C=O) groups is 1. The Balaban J connectivity index is 1.72. The molecule has 27 heavy (non-hydrogen) atoms. The number of rotatable bonds is 4. The fourth-order valence-corrected chi connectivity index (χ4v) is 3.61. The van der Waals surface area contributed by atoms with Gasteiger partial charge in [0.05, 0.1) is 11.1 Å². The van der Waals surface area contributed by atoms with Gasteiger partial charge in [-0.1, -0.05) is 18.2 Å². The topological polar surface area (TPSA) is 42.0 Å². The third-order valence-electron chi connectivity index (χ3n) is 3.58. The maximum absolute atomic E-state index is 13.3. The van der Waals surface area contributed by atoms with E-state index in [-0.39, 0.29) is 17.1 Å². The van der Waals surface area contributed by atoms with E-state index in [0.717, 1.165) is 29.5 Å². The van der Waals surface area contributed by atoms with E-state index >= 15 is 0 Å². The molecule has 3 aromatic rings. The molecule has 0 bridgehead atoms. The largest absolute Gasteiger partial charge is 0.416 e. The van der Waals surface area contributed by atoms with Crippen molar-refractivity contribution in [1.29, 1.82) is 0 Å². The highest BCUT2D eigenvalue weighted by Gasteiger charge is 2.30. The smallest absolute Gasteiger partial charge is 0.298 e. The van der Waals surface area contributed by atoms with Crippen LogP contribution in [0.4, 0.5) is 22.7 Å². The maximum atomic E-state index is 13.3. The molecule has 0 aliphatic carbocycles. The van der Waals surface area contributed by atoms with Crippen LogP contribution in [0.25, 0.3) is 0 Å². The monoisotopic (exact) mass is 458 g/mol. The van der Waals surface area contributed by atoms with Crippen molar-refractivity contribution in [1.82, 2.24) is 4.98 Å². The average molecular weight is 459 g/mol. The Bertz CT molecular complexity index is 987. The molecule has 1 amide bonds. The van der Waals surface area contributed by atoms with Gasteiger partial charge in [-0.25, -0.2) is 9.37 Å². The Morgan fingerprint density at radius 2 is 1.96 bits per heavy atom. The quantitative estimate of drug-likeness (QED) is 0.494. The Morgan fingerprint density at radius 3 is 2.70 bits per heavy atom. The fourth-order valence-electron chi connectivity index (χ4n) is 2.34. The van der Waals surface area contributed by atoms with Gasteiger partial charge in [0, 0.05) is 22.0 Å². The zero-order valence-corrected chi connectivity index (χ0v) is 15.9. The Hall–Kier alpha value is -2.26. The second-order valence-corrected chi connectivity index (χ2v) is 7.55. The summed E-state index contributed by atoms with van der Waals surface area (Å²) in [5, 5.41) is 2.84. The zero-order chi connectivity index (χ0) is 19.6. The molecule has 0 saturated heterocycles. The number of hydrogen-bond donors (Lipinski definition) is 1. The summed E-state index contributed by atoms with van der Waals surface area (Å²) in [4.78, 5) is 17.0. The van der Waals surface area contributed by atoms with Crippen LogP contribution in [0.15, 0.2) is 53.1 Å². The van der Waals surface area contributed by atoms with Crippen LogP contribution in [-0.2, 0) is 12.6 Å². The van der Waals surface area contributed by atoms with Gasteiger partial charge in [-0.2, -0.15) is 13.2 Å². The lowest BCUT2D eigenvalue weighted by Crippen LogP contribution is -2.12. The van der Waals surface area contributed by atoms with Gasteiger partial charge in [0.15, 0.2) is 5.13 Å². The van der Waals surface area contributed by atoms with Gasteiger partial charge >= 0.3 is 6.18 Å². The average Bonchev–Trinajstić information content (AvgIpc) is 3.03. The van der Waals surface area contributed by atoms with Crippen LogP contribution in [0, 0.1) is 5.82 Å². The molecule has 0 unspecified atom stereocenters. The Labute approximate surface area is 164 Å². The number of nitrogens with one attached hydrogen (secondary N) is 1. The first-order chi connectivity index (χ1) is 12.7. The molecule has 0 atom stereocenters. The maximum Gasteiger partial charge on any atom is 0.416 e. The molecule has 140 valence electrons. The van der Waals surface area contributed by atoms with Crippen LogP contribution in [0.2, 0.25) is 0 Å². The second kappa shape index (κ2) is 7.77. The molecule has 0 saturated carbocycles. The Morgan fingerprint density at radius 1 is 1.19 bits per heavy atom. The van der Waals surface area contributed by atoms with Crippen LogP contribution >= 0.6 is 27.3 Å². The molecule has 1 aromatic heterocycles. The van der Waals surface area contributed by atoms with Gasteiger partial charge in [-0.05, 0) is 45.8 Å². The minimum atomic E-state index is -4.40. The summed E-state index contributed by atoms with van der Waals surface area (Å²) in [6, 6.07) is 8.78. The first-order valence-electron chi connectivity index (χ1n) is 7.59. The summed E-state index contributed by atoms with van der Waals surface area (Å²) in [6.07, 6.45) is -2.66. The number of alkyl halides is 3. The van der Waals surface area contributed by atoms with Crippen molar-refractivity contribution in [3.05, 3.63) is 80.5 Å². The van der Waals surface area contributed by atoms with Gasteiger partial charge in [-0.3, -0.25) is 10.1 Å². The first kappa shape index (κ1) is 19.5. The van der Waals surface area contributed by atoms with E-state index in [1.54, 1.807) is 6.07 Å². The second-order valence-electron chi connectivity index (χ2n) is 5.58. The molecule has 1 heterocycles. The Kier molecular flexibility index (Phi) is 5.61. The number of nitrogens with zero attached hydrogens (tertiary/aromatic N) is 1. The number of halogens is 5. The van der Waals surface area contributed by atoms with E-state index in [4.69, 9.17) is 0 Å². The minimum absolute atomic E-state index is 0.115. The summed E-state index contributed by atoms with van der Waals surface area (Å²) in [5.41, 5.74) is -0.113. The van der Waals surface area contributed by atoms with Crippen molar-refractivity contribution >= 4 is 38.3 Å². The number of carbonyl (C=O) groups excluding carboxylic acids is 1. The molecule has 3 nitrogen and oxygen atoms in total. The third-order valence-corrected chi connectivity index (χ3v) is 5.18. The lowest BCUT2D eigenvalue weighted by atomic mass is 10.1. The highest BCUT2D eigenvalue weighted by molar-refractivity contribution is 9.10. The summed E-state index contributed by atoms with van der Waals surface area (Å²) in [7, 11) is 0. The van der Waals surface area contributed by atoms with Crippen LogP contribution in [0.1, 0.15) is 26.4 Å². The number of thiazole rings is 1. The number of anilines is 1. The van der Waals surface area contributed by atoms with Crippen LogP contribution < -0.4 is 5.32 Å². The molecule has 0 radical (unpaired) electrons. The normalized spacial score (nSPS) is 11.4. The third kappa shape index (κ3) is 4.92. The standard InChI is InChI=1S/C18H11BrF4N2OS/c19-15-5-4-12(20)8-14(15)16(26)25-17-24-9-13(27-17)7-10-2-1-3-11(6-10)18(21,22)23/h1-6,8-9H,7H2,(H,24,25,26). The van der Waals surface area contributed by atoms with Crippen molar-refractivity contribution in [2.75, 3.05) is 5.32 Å². The van der Waals surface area contributed by atoms with Gasteiger partial charge in [0.2, 0.25) is 0 Å². The van der Waals surface area contributed by atoms with Crippen molar-refractivity contribution in [3.8, 4) is 0 Å². The van der Waals surface area contributed by atoms with Crippen molar-refractivity contribution in [2.24, 2.45) is 0 Å². The van der Waals surface area contributed by atoms with Gasteiger partial charge < -0.3 is 0 Å². The van der Waals surface area contributed by atoms with E-state index in [9.17, 15) is 22.4 Å². The number of amides is 1. The zero-order valence-electron chi connectivity index (χ0n) is 13.5. The van der Waals surface area contributed by atoms with Crippen LogP contribution in [-0.4, -0.2) is 10.9 Å². The molecule has 3 rings (SSSR count). The SMILES string of the molecule is O=C(Nc1ncc(Cc2cccc(C(F)(F)F)c2)s1)c1cc(F)ccc1Br. The lowest BCUT2D eigenvalue weighted by molar-refractivity contribution is -0.137. The summed E-state index contributed by atoms with van der Waals surface area (Å²) < 4.78 is 52.1. The molecular weight excluding hydrogens is 448 g/mol. The van der Waals surface area contributed by atoms with Crippen molar-refractivity contribution < 1.29 is 22.4 Å². The molecular formula is C18H11BrF4N2OS. The molecule has 0 spiro atoms. The molecule has 0 aliphatic heterocycles. The van der Waals surface area contributed by atoms with E-state index in [1.807, 2.05) is 0 Å². The van der Waals surface area contributed by atoms with Crippen molar-refractivity contribution in [3.63, 3.8) is 0 Å². The lowest BCUT2D eigenvalue weighted by Gasteiger charge is -2.07. The summed E-state index contributed by atoms with van der Waals surface area (Å²) >= 11 is 4.32. The molecule has 0 fully saturated rings. The van der Waals surface area contributed by atoms with Crippen molar-refractivity contribution in [2.45, 2.75) is 12.6 Å². The predicted molar refractivity (Wildman–Crippen MR) is 98.4 cm³/mol. The number of hydrogen-bond acceptors (Lipinski definition) is 3. The molecule has 9 heteroatoms. The van der Waals surface area contributed by atoms with E-state index in [1.165, 1.54) is 24.4 Å². The highest BCUT2D eigenvalue weighted by Crippen LogP contribution is 2.30. The predicted octanol–water partition coefficient (Wildman–Crippen LogP) is 5.91. The van der Waals surface area contributed by atoms with Gasteiger partial charge in [0.1, 0.15) is 5.82 Å². The highest BCUT2D eigenvalue weighted by atomic mass is 79.9. The first-order valence-corrected chi connectivity index (χ1v) is 9.20. The number of benzene rings is 2. The molecule has 2 aromatic carbocycles. The minimum Gasteiger partial charge on any atom is -0.298 e. The summed E-state index contributed by atoms with van der Waals surface area (Å²) in [5.74, 6) is -1.09. The van der Waals surface area contributed by atoms with Gasteiger partial charge in [-0.15, -0.1) is 11.3 Å². The van der Waals surface area contributed by atoms with E-state index in [2.05, 4.69) is 26.2 Å². The molecule has 0 aliphatic rings. The van der Waals surface area contributed by atoms with Gasteiger partial charge in [0.25, 0.3) is 5.91 Å².